The summed E-state index contributed by atoms with van der Waals surface area (Å²) < 4.78 is 0. The molecule has 0 aromatic rings. The molecule has 0 bridgehead atoms. The average Bonchev–Trinajstić information content (AvgIpc) is 2.80. The third-order valence-corrected chi connectivity index (χ3v) is 4.88. The van der Waals surface area contributed by atoms with Crippen molar-refractivity contribution in [3.63, 3.8) is 0 Å². The molecule has 2 rings (SSSR count). The number of hydrogen-bond donors (Lipinski definition) is 0. The van der Waals surface area contributed by atoms with Crippen LogP contribution in [0.15, 0.2) is 29.0 Å². The van der Waals surface area contributed by atoms with E-state index in [1.54, 1.807) is 5.57 Å². The molecule has 0 aromatic heterocycles. The van der Waals surface area contributed by atoms with Gasteiger partial charge < -0.3 is 0 Å². The minimum absolute atomic E-state index is 0.188. The van der Waals surface area contributed by atoms with Gasteiger partial charge in [0, 0.05) is 0 Å². The van der Waals surface area contributed by atoms with E-state index in [1.807, 2.05) is 0 Å². The zero-order valence-electron chi connectivity index (χ0n) is 11.7. The van der Waals surface area contributed by atoms with Crippen molar-refractivity contribution in [3.05, 3.63) is 28.7 Å². The first-order valence-corrected chi connectivity index (χ1v) is 7.33. The molecular formula is C16H25NO. The van der Waals surface area contributed by atoms with E-state index in [9.17, 15) is 4.91 Å². The molecule has 1 saturated carbocycles. The predicted octanol–water partition coefficient (Wildman–Crippen LogP) is 4.86. The molecule has 2 nitrogen and oxygen atoms in total. The lowest BCUT2D eigenvalue weighted by atomic mass is 9.69. The van der Waals surface area contributed by atoms with Crippen LogP contribution in [0.1, 0.15) is 52.4 Å². The SMILES string of the molecule is CCC1=CC=CC1CC1CCC(C)(CN=O)CC1. The molecule has 0 heterocycles. The zero-order chi connectivity index (χ0) is 13.0. The monoisotopic (exact) mass is 247 g/mol. The third kappa shape index (κ3) is 3.09. The van der Waals surface area contributed by atoms with Crippen molar-refractivity contribution in [2.75, 3.05) is 6.54 Å². The summed E-state index contributed by atoms with van der Waals surface area (Å²) in [5.41, 5.74) is 1.78. The summed E-state index contributed by atoms with van der Waals surface area (Å²) in [5, 5.41) is 3.11. The lowest BCUT2D eigenvalue weighted by Gasteiger charge is -2.36. The minimum Gasteiger partial charge on any atom is -0.151 e. The Kier molecular flexibility index (Phi) is 4.36. The summed E-state index contributed by atoms with van der Waals surface area (Å²) in [4.78, 5) is 10.5. The zero-order valence-corrected chi connectivity index (χ0v) is 11.7. The van der Waals surface area contributed by atoms with Crippen LogP contribution in [0.4, 0.5) is 0 Å². The summed E-state index contributed by atoms with van der Waals surface area (Å²) in [7, 11) is 0. The summed E-state index contributed by atoms with van der Waals surface area (Å²) in [6.45, 7) is 4.97. The van der Waals surface area contributed by atoms with Gasteiger partial charge in [0.15, 0.2) is 0 Å². The van der Waals surface area contributed by atoms with E-state index in [0.717, 1.165) is 5.92 Å². The van der Waals surface area contributed by atoms with Gasteiger partial charge in [-0.25, -0.2) is 0 Å². The molecule has 0 aliphatic heterocycles. The number of nitroso groups, excluding NO2 is 1. The Bertz CT molecular complexity index is 348. The molecule has 18 heavy (non-hydrogen) atoms. The van der Waals surface area contributed by atoms with Gasteiger partial charge in [0.1, 0.15) is 0 Å². The second kappa shape index (κ2) is 5.81. The predicted molar refractivity (Wildman–Crippen MR) is 76.3 cm³/mol. The second-order valence-electron chi connectivity index (χ2n) is 6.36. The first-order valence-electron chi connectivity index (χ1n) is 7.33. The summed E-state index contributed by atoms with van der Waals surface area (Å²) >= 11 is 0. The maximum atomic E-state index is 10.5. The maximum absolute atomic E-state index is 10.5. The molecule has 0 spiro atoms. The van der Waals surface area contributed by atoms with Crippen LogP contribution in [0.3, 0.4) is 0 Å². The normalized spacial score (nSPS) is 35.6. The van der Waals surface area contributed by atoms with Gasteiger partial charge in [-0.2, -0.15) is 4.91 Å². The smallest absolute Gasteiger partial charge is 0.0864 e. The Hall–Kier alpha value is -0.920. The van der Waals surface area contributed by atoms with Gasteiger partial charge in [-0.05, 0) is 55.8 Å². The molecule has 2 heteroatoms. The van der Waals surface area contributed by atoms with Crippen molar-refractivity contribution in [1.29, 1.82) is 0 Å². The van der Waals surface area contributed by atoms with Crippen LogP contribution in [0, 0.1) is 22.2 Å². The lowest BCUT2D eigenvalue weighted by molar-refractivity contribution is 0.168. The number of allylic oxidation sites excluding steroid dienone is 4. The van der Waals surface area contributed by atoms with Crippen LogP contribution in [-0.2, 0) is 0 Å². The highest BCUT2D eigenvalue weighted by Crippen LogP contribution is 2.42. The lowest BCUT2D eigenvalue weighted by Crippen LogP contribution is -2.28. The van der Waals surface area contributed by atoms with E-state index in [0.29, 0.717) is 12.5 Å². The highest BCUT2D eigenvalue weighted by atomic mass is 16.3. The van der Waals surface area contributed by atoms with E-state index >= 15 is 0 Å². The van der Waals surface area contributed by atoms with Crippen LogP contribution in [0.2, 0.25) is 0 Å². The van der Waals surface area contributed by atoms with Crippen molar-refractivity contribution in [2.45, 2.75) is 52.4 Å². The van der Waals surface area contributed by atoms with Gasteiger partial charge in [0.05, 0.1) is 6.54 Å². The Morgan fingerprint density at radius 1 is 1.39 bits per heavy atom. The quantitative estimate of drug-likeness (QED) is 0.638. The first-order chi connectivity index (χ1) is 8.67. The molecule has 100 valence electrons. The Balaban J connectivity index is 1.82. The number of rotatable bonds is 5. The van der Waals surface area contributed by atoms with Crippen LogP contribution in [0.5, 0.6) is 0 Å². The molecule has 0 radical (unpaired) electrons. The molecule has 0 saturated heterocycles. The maximum Gasteiger partial charge on any atom is 0.0864 e. The van der Waals surface area contributed by atoms with Gasteiger partial charge in [0.2, 0.25) is 0 Å². The standard InChI is InChI=1S/C16H25NO/c1-3-14-5-4-6-15(14)11-13-7-9-16(2,10-8-13)12-17-18/h4-6,13,15H,3,7-12H2,1-2H3. The van der Waals surface area contributed by atoms with Crippen LogP contribution in [-0.4, -0.2) is 6.54 Å². The van der Waals surface area contributed by atoms with E-state index in [-0.39, 0.29) is 5.41 Å². The highest BCUT2D eigenvalue weighted by Gasteiger charge is 2.32. The molecule has 2 aliphatic rings. The number of nitrogens with zero attached hydrogens (tertiary/aromatic N) is 1. The average molecular weight is 247 g/mol. The van der Waals surface area contributed by atoms with E-state index in [1.165, 1.54) is 38.5 Å². The fourth-order valence-corrected chi connectivity index (χ4v) is 3.45. The fraction of sp³-hybridized carbons (Fsp3) is 0.750. The van der Waals surface area contributed by atoms with E-state index in [2.05, 4.69) is 37.3 Å². The molecule has 2 aliphatic carbocycles. The first kappa shape index (κ1) is 13.5. The molecular weight excluding hydrogens is 222 g/mol. The van der Waals surface area contributed by atoms with Crippen LogP contribution in [0.25, 0.3) is 0 Å². The van der Waals surface area contributed by atoms with Crippen molar-refractivity contribution >= 4 is 0 Å². The molecule has 0 aromatic carbocycles. The van der Waals surface area contributed by atoms with Gasteiger partial charge in [-0.15, -0.1) is 0 Å². The van der Waals surface area contributed by atoms with Crippen molar-refractivity contribution < 1.29 is 0 Å². The summed E-state index contributed by atoms with van der Waals surface area (Å²) in [5.74, 6) is 1.53. The van der Waals surface area contributed by atoms with Crippen molar-refractivity contribution in [2.24, 2.45) is 22.4 Å². The van der Waals surface area contributed by atoms with E-state index in [4.69, 9.17) is 0 Å². The summed E-state index contributed by atoms with van der Waals surface area (Å²) in [6, 6.07) is 0. The molecule has 0 N–H and O–H groups in total. The summed E-state index contributed by atoms with van der Waals surface area (Å²) in [6.07, 6.45) is 14.2. The third-order valence-electron chi connectivity index (χ3n) is 4.88. The molecule has 1 atom stereocenters. The van der Waals surface area contributed by atoms with Crippen LogP contribution < -0.4 is 0 Å². The van der Waals surface area contributed by atoms with Gasteiger partial charge >= 0.3 is 0 Å². The Labute approximate surface area is 111 Å². The molecule has 1 fully saturated rings. The largest absolute Gasteiger partial charge is 0.151 e. The Morgan fingerprint density at radius 3 is 2.72 bits per heavy atom. The van der Waals surface area contributed by atoms with Gasteiger partial charge in [-0.3, -0.25) is 0 Å². The van der Waals surface area contributed by atoms with E-state index < -0.39 is 0 Å². The molecule has 0 amide bonds. The van der Waals surface area contributed by atoms with Crippen LogP contribution >= 0.6 is 0 Å². The molecule has 1 unspecified atom stereocenters. The van der Waals surface area contributed by atoms with Gasteiger partial charge in [-0.1, -0.05) is 42.8 Å². The second-order valence-corrected chi connectivity index (χ2v) is 6.36. The fourth-order valence-electron chi connectivity index (χ4n) is 3.45. The topological polar surface area (TPSA) is 29.4 Å². The van der Waals surface area contributed by atoms with Gasteiger partial charge in [0.25, 0.3) is 0 Å². The Morgan fingerprint density at radius 2 is 2.11 bits per heavy atom. The van der Waals surface area contributed by atoms with Crippen molar-refractivity contribution in [1.82, 2.24) is 0 Å². The number of hydrogen-bond acceptors (Lipinski definition) is 2. The highest BCUT2D eigenvalue weighted by molar-refractivity contribution is 5.27. The minimum atomic E-state index is 0.188. The van der Waals surface area contributed by atoms with Crippen molar-refractivity contribution in [3.8, 4) is 0 Å².